The van der Waals surface area contributed by atoms with Gasteiger partial charge in [-0.05, 0) is 38.0 Å². The molecule has 1 aliphatic rings. The molecule has 2 aromatic carbocycles. The van der Waals surface area contributed by atoms with Crippen molar-refractivity contribution in [3.63, 3.8) is 0 Å². The summed E-state index contributed by atoms with van der Waals surface area (Å²) in [6.07, 6.45) is 3.15. The first-order chi connectivity index (χ1) is 15.1. The zero-order valence-corrected chi connectivity index (χ0v) is 17.9. The molecule has 1 N–H and O–H groups in total. The predicted molar refractivity (Wildman–Crippen MR) is 121 cm³/mol. The summed E-state index contributed by atoms with van der Waals surface area (Å²) in [7, 11) is 1.64. The SMILES string of the molecule is COc1ccccc1CNC(=O)C1CCN(c2c(C#N)cnc3ccc(C)cc23)CC1. The van der Waals surface area contributed by atoms with Gasteiger partial charge >= 0.3 is 0 Å². The van der Waals surface area contributed by atoms with Gasteiger partial charge in [-0.3, -0.25) is 9.78 Å². The third-order valence-electron chi connectivity index (χ3n) is 5.94. The van der Waals surface area contributed by atoms with Crippen LogP contribution in [-0.4, -0.2) is 31.1 Å². The lowest BCUT2D eigenvalue weighted by Crippen LogP contribution is -2.40. The van der Waals surface area contributed by atoms with E-state index in [4.69, 9.17) is 4.74 Å². The number of rotatable bonds is 5. The molecule has 1 aromatic heterocycles. The Hall–Kier alpha value is -3.59. The number of carbonyl (C=O) groups excluding carboxylic acids is 1. The van der Waals surface area contributed by atoms with Crippen molar-refractivity contribution in [2.75, 3.05) is 25.1 Å². The first kappa shape index (κ1) is 20.7. The number of hydrogen-bond acceptors (Lipinski definition) is 5. The summed E-state index contributed by atoms with van der Waals surface area (Å²) in [5.41, 5.74) is 4.50. The maximum atomic E-state index is 12.8. The summed E-state index contributed by atoms with van der Waals surface area (Å²) in [6, 6.07) is 16.1. The first-order valence-corrected chi connectivity index (χ1v) is 10.5. The number of anilines is 1. The van der Waals surface area contributed by atoms with Crippen LogP contribution in [0.1, 0.15) is 29.5 Å². The Labute approximate surface area is 182 Å². The predicted octanol–water partition coefficient (Wildman–Crippen LogP) is 3.96. The molecule has 6 heteroatoms. The Morgan fingerprint density at radius 2 is 2.03 bits per heavy atom. The van der Waals surface area contributed by atoms with E-state index in [9.17, 15) is 10.1 Å². The number of nitrogens with zero attached hydrogens (tertiary/aromatic N) is 3. The highest BCUT2D eigenvalue weighted by Gasteiger charge is 2.27. The summed E-state index contributed by atoms with van der Waals surface area (Å²) >= 11 is 0. The van der Waals surface area contributed by atoms with Crippen molar-refractivity contribution >= 4 is 22.5 Å². The van der Waals surface area contributed by atoms with E-state index in [0.29, 0.717) is 12.1 Å². The van der Waals surface area contributed by atoms with E-state index >= 15 is 0 Å². The number of para-hydroxylation sites is 1. The lowest BCUT2D eigenvalue weighted by molar-refractivity contribution is -0.125. The number of methoxy groups -OCH3 is 1. The highest BCUT2D eigenvalue weighted by Crippen LogP contribution is 2.33. The van der Waals surface area contributed by atoms with E-state index in [1.54, 1.807) is 13.3 Å². The van der Waals surface area contributed by atoms with Gasteiger partial charge in [0.05, 0.1) is 23.9 Å². The highest BCUT2D eigenvalue weighted by molar-refractivity contribution is 5.95. The maximum absolute atomic E-state index is 12.8. The van der Waals surface area contributed by atoms with Gasteiger partial charge in [0.15, 0.2) is 0 Å². The number of amides is 1. The van der Waals surface area contributed by atoms with Crippen LogP contribution in [0.2, 0.25) is 0 Å². The quantitative estimate of drug-likeness (QED) is 0.684. The van der Waals surface area contributed by atoms with Crippen molar-refractivity contribution < 1.29 is 9.53 Å². The molecule has 158 valence electrons. The third-order valence-corrected chi connectivity index (χ3v) is 5.94. The molecule has 0 radical (unpaired) electrons. The van der Waals surface area contributed by atoms with Crippen molar-refractivity contribution in [1.29, 1.82) is 5.26 Å². The Morgan fingerprint density at radius 1 is 1.26 bits per heavy atom. The van der Waals surface area contributed by atoms with E-state index in [1.807, 2.05) is 43.3 Å². The number of nitrogens with one attached hydrogen (secondary N) is 1. The van der Waals surface area contributed by atoms with Crippen LogP contribution in [0.3, 0.4) is 0 Å². The standard InChI is InChI=1S/C25H26N4O2/c1-17-7-8-22-21(13-17)24(20(14-26)16-27-22)29-11-9-18(10-12-29)25(30)28-15-19-5-3-4-6-23(19)31-2/h3-8,13,16,18H,9-12,15H2,1-2H3,(H,28,30). The molecule has 0 saturated carbocycles. The average Bonchev–Trinajstić information content (AvgIpc) is 2.82. The number of aryl methyl sites for hydroxylation is 1. The molecule has 0 unspecified atom stereocenters. The van der Waals surface area contributed by atoms with Crippen molar-refractivity contribution in [3.8, 4) is 11.8 Å². The number of hydrogen-bond donors (Lipinski definition) is 1. The topological polar surface area (TPSA) is 78.2 Å². The van der Waals surface area contributed by atoms with Crippen LogP contribution in [0.4, 0.5) is 5.69 Å². The number of benzene rings is 2. The molecule has 3 aromatic rings. The van der Waals surface area contributed by atoms with E-state index in [0.717, 1.165) is 59.4 Å². The van der Waals surface area contributed by atoms with Gasteiger partial charge < -0.3 is 15.0 Å². The second kappa shape index (κ2) is 9.05. The first-order valence-electron chi connectivity index (χ1n) is 10.5. The largest absolute Gasteiger partial charge is 0.496 e. The second-order valence-electron chi connectivity index (χ2n) is 7.94. The van der Waals surface area contributed by atoms with Crippen LogP contribution in [0, 0.1) is 24.2 Å². The Kier molecular flexibility index (Phi) is 6.03. The van der Waals surface area contributed by atoms with Crippen LogP contribution in [0.5, 0.6) is 5.75 Å². The van der Waals surface area contributed by atoms with Crippen LogP contribution >= 0.6 is 0 Å². The Balaban J connectivity index is 1.45. The van der Waals surface area contributed by atoms with Gasteiger partial charge in [-0.15, -0.1) is 0 Å². The van der Waals surface area contributed by atoms with Gasteiger partial charge in [0, 0.05) is 42.7 Å². The fourth-order valence-electron chi connectivity index (χ4n) is 4.26. The van der Waals surface area contributed by atoms with Gasteiger partial charge in [0.1, 0.15) is 11.8 Å². The number of pyridine rings is 1. The molecule has 31 heavy (non-hydrogen) atoms. The molecule has 1 aliphatic heterocycles. The van der Waals surface area contributed by atoms with E-state index in [2.05, 4.69) is 27.3 Å². The monoisotopic (exact) mass is 414 g/mol. The van der Waals surface area contributed by atoms with E-state index in [1.165, 1.54) is 0 Å². The molecule has 0 bridgehead atoms. The van der Waals surface area contributed by atoms with Gasteiger partial charge in [-0.25, -0.2) is 0 Å². The van der Waals surface area contributed by atoms with Crippen molar-refractivity contribution in [2.45, 2.75) is 26.3 Å². The van der Waals surface area contributed by atoms with Gasteiger partial charge in [-0.2, -0.15) is 5.26 Å². The van der Waals surface area contributed by atoms with Crippen LogP contribution in [-0.2, 0) is 11.3 Å². The van der Waals surface area contributed by atoms with Crippen molar-refractivity contribution in [3.05, 3.63) is 65.4 Å². The van der Waals surface area contributed by atoms with Crippen LogP contribution < -0.4 is 15.0 Å². The molecule has 1 fully saturated rings. The fraction of sp³-hybridized carbons (Fsp3) is 0.320. The Bertz CT molecular complexity index is 1140. The minimum Gasteiger partial charge on any atom is -0.496 e. The molecule has 1 saturated heterocycles. The lowest BCUT2D eigenvalue weighted by atomic mass is 9.94. The normalized spacial score (nSPS) is 14.3. The molecule has 0 aliphatic carbocycles. The van der Waals surface area contributed by atoms with E-state index in [-0.39, 0.29) is 11.8 Å². The molecular weight excluding hydrogens is 388 g/mol. The Morgan fingerprint density at radius 3 is 2.77 bits per heavy atom. The van der Waals surface area contributed by atoms with Crippen LogP contribution in [0.25, 0.3) is 10.9 Å². The summed E-state index contributed by atoms with van der Waals surface area (Å²) in [6.45, 7) is 3.96. The van der Waals surface area contributed by atoms with Crippen molar-refractivity contribution in [1.82, 2.24) is 10.3 Å². The van der Waals surface area contributed by atoms with Gasteiger partial charge in [0.25, 0.3) is 0 Å². The number of fused-ring (bicyclic) bond motifs is 1. The zero-order valence-electron chi connectivity index (χ0n) is 17.9. The molecular formula is C25H26N4O2. The lowest BCUT2D eigenvalue weighted by Gasteiger charge is -2.34. The number of ether oxygens (including phenoxy) is 1. The molecule has 1 amide bonds. The van der Waals surface area contributed by atoms with Gasteiger partial charge in [-0.1, -0.05) is 29.8 Å². The number of nitriles is 1. The average molecular weight is 415 g/mol. The number of carbonyl (C=O) groups is 1. The molecule has 0 spiro atoms. The van der Waals surface area contributed by atoms with Crippen LogP contribution in [0.15, 0.2) is 48.7 Å². The number of piperidine rings is 1. The summed E-state index contributed by atoms with van der Waals surface area (Å²) < 4.78 is 5.36. The zero-order chi connectivity index (χ0) is 21.8. The summed E-state index contributed by atoms with van der Waals surface area (Å²) in [5, 5.41) is 13.7. The summed E-state index contributed by atoms with van der Waals surface area (Å²) in [4.78, 5) is 19.4. The second-order valence-corrected chi connectivity index (χ2v) is 7.94. The van der Waals surface area contributed by atoms with E-state index < -0.39 is 0 Å². The number of aromatic nitrogens is 1. The molecule has 2 heterocycles. The molecule has 4 rings (SSSR count). The maximum Gasteiger partial charge on any atom is 0.223 e. The van der Waals surface area contributed by atoms with Crippen molar-refractivity contribution in [2.24, 2.45) is 5.92 Å². The minimum atomic E-state index is -0.0358. The highest BCUT2D eigenvalue weighted by atomic mass is 16.5. The fourth-order valence-corrected chi connectivity index (χ4v) is 4.26. The van der Waals surface area contributed by atoms with Gasteiger partial charge in [0.2, 0.25) is 5.91 Å². The molecule has 0 atom stereocenters. The minimum absolute atomic E-state index is 0.0358. The molecule has 6 nitrogen and oxygen atoms in total. The third kappa shape index (κ3) is 4.31. The smallest absolute Gasteiger partial charge is 0.223 e. The summed E-state index contributed by atoms with van der Waals surface area (Å²) in [5.74, 6) is 0.814.